The Morgan fingerprint density at radius 2 is 2.05 bits per heavy atom. The predicted molar refractivity (Wildman–Crippen MR) is 83.6 cm³/mol. The number of thiazole rings is 1. The summed E-state index contributed by atoms with van der Waals surface area (Å²) in [4.78, 5) is 17.5. The number of aromatic nitrogens is 1. The van der Waals surface area contributed by atoms with Gasteiger partial charge in [0.2, 0.25) is 0 Å². The average molecular weight is 307 g/mol. The molecule has 1 aromatic carbocycles. The van der Waals surface area contributed by atoms with E-state index in [0.29, 0.717) is 0 Å². The van der Waals surface area contributed by atoms with Gasteiger partial charge < -0.3 is 5.11 Å². The third-order valence-electron chi connectivity index (χ3n) is 2.85. The molecule has 1 N–H and O–H groups in total. The van der Waals surface area contributed by atoms with E-state index in [1.54, 1.807) is 11.8 Å². The van der Waals surface area contributed by atoms with Crippen LogP contribution in [0.4, 0.5) is 0 Å². The van der Waals surface area contributed by atoms with E-state index >= 15 is 0 Å². The molecule has 0 aliphatic heterocycles. The van der Waals surface area contributed by atoms with Gasteiger partial charge in [0.25, 0.3) is 0 Å². The first kappa shape index (κ1) is 15.1. The lowest BCUT2D eigenvalue weighted by Crippen LogP contribution is -2.00. The molecule has 0 radical (unpaired) electrons. The number of aryl methyl sites for hydroxylation is 2. The number of aliphatic carboxylic acids is 1. The SMILES string of the molecule is CCc1nc(CSc2ccc(C)cc2)sc1CC(=O)O. The number of carbonyl (C=O) groups is 1. The van der Waals surface area contributed by atoms with Crippen LogP contribution in [0.1, 0.15) is 28.1 Å². The molecule has 2 aromatic rings. The van der Waals surface area contributed by atoms with Crippen LogP contribution in [0.5, 0.6) is 0 Å². The van der Waals surface area contributed by atoms with E-state index in [4.69, 9.17) is 5.11 Å². The van der Waals surface area contributed by atoms with Gasteiger partial charge in [0.15, 0.2) is 0 Å². The molecular formula is C15H17NO2S2. The van der Waals surface area contributed by atoms with Crippen LogP contribution in [0.25, 0.3) is 0 Å². The van der Waals surface area contributed by atoms with Crippen molar-refractivity contribution in [2.75, 3.05) is 0 Å². The molecule has 20 heavy (non-hydrogen) atoms. The molecule has 0 saturated heterocycles. The van der Waals surface area contributed by atoms with Crippen molar-refractivity contribution in [2.24, 2.45) is 0 Å². The molecule has 0 fully saturated rings. The zero-order chi connectivity index (χ0) is 14.5. The Hall–Kier alpha value is -1.33. The van der Waals surface area contributed by atoms with Gasteiger partial charge in [-0.2, -0.15) is 0 Å². The third kappa shape index (κ3) is 4.08. The molecule has 2 rings (SSSR count). The van der Waals surface area contributed by atoms with Gasteiger partial charge in [-0.15, -0.1) is 23.1 Å². The zero-order valence-electron chi connectivity index (χ0n) is 11.5. The summed E-state index contributed by atoms with van der Waals surface area (Å²) in [5, 5.41) is 9.91. The Kier molecular flexibility index (Phi) is 5.20. The number of carboxylic acid groups (broad SMARTS) is 1. The highest BCUT2D eigenvalue weighted by molar-refractivity contribution is 7.98. The number of hydrogen-bond donors (Lipinski definition) is 1. The van der Waals surface area contributed by atoms with Crippen LogP contribution >= 0.6 is 23.1 Å². The minimum atomic E-state index is -0.791. The van der Waals surface area contributed by atoms with E-state index in [1.165, 1.54) is 21.8 Å². The lowest BCUT2D eigenvalue weighted by atomic mass is 10.2. The number of hydrogen-bond acceptors (Lipinski definition) is 4. The maximum absolute atomic E-state index is 10.8. The quantitative estimate of drug-likeness (QED) is 0.821. The molecule has 0 atom stereocenters. The summed E-state index contributed by atoms with van der Waals surface area (Å²) in [6.07, 6.45) is 0.865. The number of thioether (sulfide) groups is 1. The molecule has 0 saturated carbocycles. The fourth-order valence-corrected chi connectivity index (χ4v) is 3.87. The van der Waals surface area contributed by atoms with Gasteiger partial charge in [0.1, 0.15) is 5.01 Å². The van der Waals surface area contributed by atoms with Crippen LogP contribution in [0.2, 0.25) is 0 Å². The van der Waals surface area contributed by atoms with E-state index in [9.17, 15) is 4.79 Å². The maximum Gasteiger partial charge on any atom is 0.308 e. The van der Waals surface area contributed by atoms with Crippen molar-refractivity contribution >= 4 is 29.1 Å². The summed E-state index contributed by atoms with van der Waals surface area (Å²) < 4.78 is 0. The van der Waals surface area contributed by atoms with Crippen molar-refractivity contribution in [3.63, 3.8) is 0 Å². The number of nitrogens with zero attached hydrogens (tertiary/aromatic N) is 1. The second-order valence-corrected chi connectivity index (χ2v) is 6.72. The molecule has 0 bridgehead atoms. The molecule has 0 aliphatic rings. The van der Waals surface area contributed by atoms with Crippen LogP contribution in [0.3, 0.4) is 0 Å². The Balaban J connectivity index is 2.04. The predicted octanol–water partition coefficient (Wildman–Crippen LogP) is 3.93. The summed E-state index contributed by atoms with van der Waals surface area (Å²) in [6.45, 7) is 4.08. The minimum Gasteiger partial charge on any atom is -0.481 e. The molecular weight excluding hydrogens is 290 g/mol. The van der Waals surface area contributed by atoms with Crippen molar-refractivity contribution < 1.29 is 9.90 Å². The maximum atomic E-state index is 10.8. The second kappa shape index (κ2) is 6.90. The standard InChI is InChI=1S/C15H17NO2S2/c1-3-12-13(8-15(17)18)20-14(16-12)9-19-11-6-4-10(2)5-7-11/h4-7H,3,8-9H2,1-2H3,(H,17,18). The first-order valence-electron chi connectivity index (χ1n) is 6.47. The second-order valence-electron chi connectivity index (χ2n) is 4.50. The Morgan fingerprint density at radius 1 is 1.35 bits per heavy atom. The van der Waals surface area contributed by atoms with Crippen LogP contribution in [0.15, 0.2) is 29.2 Å². The Morgan fingerprint density at radius 3 is 2.65 bits per heavy atom. The molecule has 5 heteroatoms. The van der Waals surface area contributed by atoms with Gasteiger partial charge in [0.05, 0.1) is 17.9 Å². The lowest BCUT2D eigenvalue weighted by molar-refractivity contribution is -0.136. The van der Waals surface area contributed by atoms with Gasteiger partial charge in [-0.05, 0) is 25.5 Å². The molecule has 1 aromatic heterocycles. The monoisotopic (exact) mass is 307 g/mol. The van der Waals surface area contributed by atoms with Crippen LogP contribution in [-0.2, 0) is 23.4 Å². The van der Waals surface area contributed by atoms with Crippen LogP contribution in [-0.4, -0.2) is 16.1 Å². The largest absolute Gasteiger partial charge is 0.481 e. The highest BCUT2D eigenvalue weighted by Crippen LogP contribution is 2.27. The normalized spacial score (nSPS) is 10.7. The van der Waals surface area contributed by atoms with Gasteiger partial charge in [0, 0.05) is 9.77 Å². The molecule has 1 heterocycles. The van der Waals surface area contributed by atoms with Gasteiger partial charge >= 0.3 is 5.97 Å². The molecule has 0 unspecified atom stereocenters. The Bertz CT molecular complexity index is 590. The number of benzene rings is 1. The molecule has 0 amide bonds. The molecule has 3 nitrogen and oxygen atoms in total. The summed E-state index contributed by atoms with van der Waals surface area (Å²) in [7, 11) is 0. The van der Waals surface area contributed by atoms with E-state index in [-0.39, 0.29) is 6.42 Å². The number of carboxylic acids is 1. The first-order valence-corrected chi connectivity index (χ1v) is 8.27. The first-order chi connectivity index (χ1) is 9.58. The number of rotatable bonds is 6. The highest BCUT2D eigenvalue weighted by atomic mass is 32.2. The van der Waals surface area contributed by atoms with Crippen molar-refractivity contribution in [1.82, 2.24) is 4.98 Å². The summed E-state index contributed by atoms with van der Waals surface area (Å²) in [6, 6.07) is 8.40. The van der Waals surface area contributed by atoms with Gasteiger partial charge in [-0.3, -0.25) is 4.79 Å². The average Bonchev–Trinajstić information content (AvgIpc) is 2.79. The van der Waals surface area contributed by atoms with E-state index < -0.39 is 5.97 Å². The van der Waals surface area contributed by atoms with E-state index in [1.807, 2.05) is 6.92 Å². The zero-order valence-corrected chi connectivity index (χ0v) is 13.2. The minimum absolute atomic E-state index is 0.0794. The highest BCUT2D eigenvalue weighted by Gasteiger charge is 2.12. The Labute approximate surface area is 127 Å². The van der Waals surface area contributed by atoms with Crippen LogP contribution < -0.4 is 0 Å². The fourth-order valence-electron chi connectivity index (χ4n) is 1.83. The van der Waals surface area contributed by atoms with Gasteiger partial charge in [-0.1, -0.05) is 24.6 Å². The molecule has 106 valence electrons. The summed E-state index contributed by atoms with van der Waals surface area (Å²) in [5.74, 6) is 0.00135. The molecule has 0 spiro atoms. The summed E-state index contributed by atoms with van der Waals surface area (Å²) >= 11 is 3.26. The molecule has 0 aliphatic carbocycles. The van der Waals surface area contributed by atoms with Gasteiger partial charge in [-0.25, -0.2) is 4.98 Å². The van der Waals surface area contributed by atoms with E-state index in [2.05, 4.69) is 36.2 Å². The topological polar surface area (TPSA) is 50.2 Å². The lowest BCUT2D eigenvalue weighted by Gasteiger charge is -1.99. The van der Waals surface area contributed by atoms with Crippen LogP contribution in [0, 0.1) is 6.92 Å². The van der Waals surface area contributed by atoms with Crippen molar-refractivity contribution in [3.8, 4) is 0 Å². The fraction of sp³-hybridized carbons (Fsp3) is 0.333. The van der Waals surface area contributed by atoms with Crippen molar-refractivity contribution in [1.29, 1.82) is 0 Å². The third-order valence-corrected chi connectivity index (χ3v) is 5.16. The summed E-state index contributed by atoms with van der Waals surface area (Å²) in [5.41, 5.74) is 2.18. The van der Waals surface area contributed by atoms with E-state index in [0.717, 1.165) is 27.8 Å². The smallest absolute Gasteiger partial charge is 0.308 e. The van der Waals surface area contributed by atoms with Crippen molar-refractivity contribution in [3.05, 3.63) is 45.4 Å². The van der Waals surface area contributed by atoms with Crippen molar-refractivity contribution in [2.45, 2.75) is 37.3 Å².